The van der Waals surface area contributed by atoms with Crippen LogP contribution in [0.1, 0.15) is 29.8 Å². The fraction of sp³-hybridized carbons (Fsp3) is 0.263. The van der Waals surface area contributed by atoms with Gasteiger partial charge in [0, 0.05) is 18.2 Å². The van der Waals surface area contributed by atoms with E-state index in [4.69, 9.17) is 4.74 Å². The van der Waals surface area contributed by atoms with Crippen molar-refractivity contribution in [3.63, 3.8) is 0 Å². The average molecular weight is 343 g/mol. The van der Waals surface area contributed by atoms with Gasteiger partial charge < -0.3 is 19.8 Å². The van der Waals surface area contributed by atoms with Crippen LogP contribution in [0.15, 0.2) is 48.5 Å². The topological polar surface area (TPSA) is 87.1 Å². The zero-order valence-electron chi connectivity index (χ0n) is 14.2. The second kappa shape index (κ2) is 8.19. The summed E-state index contributed by atoms with van der Waals surface area (Å²) in [7, 11) is 0. The van der Waals surface area contributed by atoms with Crippen molar-refractivity contribution in [2.45, 2.75) is 26.4 Å². The van der Waals surface area contributed by atoms with E-state index in [9.17, 15) is 19.8 Å². The van der Waals surface area contributed by atoms with E-state index < -0.39 is 17.9 Å². The number of hydrogen-bond donors (Lipinski definition) is 2. The van der Waals surface area contributed by atoms with Gasteiger partial charge in [-0.05, 0) is 31.5 Å². The first-order chi connectivity index (χ1) is 11.9. The molecule has 1 atom stereocenters. The molecule has 2 aromatic carbocycles. The molecule has 1 amide bonds. The van der Waals surface area contributed by atoms with Crippen molar-refractivity contribution in [1.82, 2.24) is 4.90 Å². The third-order valence-electron chi connectivity index (χ3n) is 3.70. The van der Waals surface area contributed by atoms with Crippen molar-refractivity contribution in [2.24, 2.45) is 0 Å². The number of carbonyl (C=O) groups is 2. The van der Waals surface area contributed by atoms with Crippen molar-refractivity contribution < 1.29 is 24.5 Å². The van der Waals surface area contributed by atoms with Crippen LogP contribution in [-0.2, 0) is 16.1 Å². The summed E-state index contributed by atoms with van der Waals surface area (Å²) in [5.74, 6) is -1.47. The summed E-state index contributed by atoms with van der Waals surface area (Å²) in [6.07, 6.45) is 0. The molecule has 6 heteroatoms. The first-order valence-corrected chi connectivity index (χ1v) is 7.97. The number of nitrogens with zero attached hydrogens (tertiary/aromatic N) is 1. The molecule has 2 rings (SSSR count). The van der Waals surface area contributed by atoms with Crippen LogP contribution in [0, 0.1) is 0 Å². The highest BCUT2D eigenvalue weighted by atomic mass is 16.5. The Bertz CT molecular complexity index is 724. The molecule has 0 aromatic heterocycles. The minimum absolute atomic E-state index is 0.0876. The molecule has 132 valence electrons. The minimum Gasteiger partial charge on any atom is -0.508 e. The molecule has 0 aliphatic heterocycles. The van der Waals surface area contributed by atoms with Gasteiger partial charge in [-0.1, -0.05) is 30.3 Å². The van der Waals surface area contributed by atoms with Crippen LogP contribution < -0.4 is 0 Å². The zero-order chi connectivity index (χ0) is 18.4. The minimum atomic E-state index is -0.822. The molecule has 2 N–H and O–H groups in total. The lowest BCUT2D eigenvalue weighted by atomic mass is 10.1. The number of aromatic hydroxyl groups is 2. The Kier molecular flexibility index (Phi) is 6.00. The molecule has 0 aliphatic rings. The number of rotatable bonds is 6. The molecule has 2 aromatic rings. The highest BCUT2D eigenvalue weighted by molar-refractivity contribution is 5.97. The maximum Gasteiger partial charge on any atom is 0.328 e. The van der Waals surface area contributed by atoms with Crippen molar-refractivity contribution >= 4 is 11.9 Å². The molecule has 0 fully saturated rings. The fourth-order valence-electron chi connectivity index (χ4n) is 2.44. The van der Waals surface area contributed by atoms with Crippen LogP contribution in [0.5, 0.6) is 11.5 Å². The van der Waals surface area contributed by atoms with Gasteiger partial charge in [0.1, 0.15) is 17.5 Å². The smallest absolute Gasteiger partial charge is 0.328 e. The second-order valence-corrected chi connectivity index (χ2v) is 5.58. The summed E-state index contributed by atoms with van der Waals surface area (Å²) in [5.41, 5.74) is 0.931. The summed E-state index contributed by atoms with van der Waals surface area (Å²) in [5, 5.41) is 19.2. The molecule has 0 bridgehead atoms. The van der Waals surface area contributed by atoms with Gasteiger partial charge in [0.15, 0.2) is 0 Å². The normalized spacial score (nSPS) is 11.6. The van der Waals surface area contributed by atoms with E-state index in [2.05, 4.69) is 0 Å². The summed E-state index contributed by atoms with van der Waals surface area (Å²) < 4.78 is 5.02. The molecule has 0 saturated carbocycles. The Morgan fingerprint density at radius 1 is 1.08 bits per heavy atom. The number of benzene rings is 2. The summed E-state index contributed by atoms with van der Waals surface area (Å²) in [6.45, 7) is 3.68. The number of amides is 1. The monoisotopic (exact) mass is 343 g/mol. The molecule has 0 saturated heterocycles. The quantitative estimate of drug-likeness (QED) is 0.788. The highest BCUT2D eigenvalue weighted by Crippen LogP contribution is 2.23. The van der Waals surface area contributed by atoms with E-state index in [1.54, 1.807) is 13.8 Å². The van der Waals surface area contributed by atoms with Gasteiger partial charge in [-0.2, -0.15) is 0 Å². The zero-order valence-corrected chi connectivity index (χ0v) is 14.2. The third kappa shape index (κ3) is 4.73. The Balaban J connectivity index is 2.35. The summed E-state index contributed by atoms with van der Waals surface area (Å²) >= 11 is 0. The van der Waals surface area contributed by atoms with Crippen molar-refractivity contribution in [3.05, 3.63) is 59.7 Å². The molecule has 0 radical (unpaired) electrons. The van der Waals surface area contributed by atoms with Crippen LogP contribution in [0.3, 0.4) is 0 Å². The van der Waals surface area contributed by atoms with Gasteiger partial charge in [0.2, 0.25) is 0 Å². The van der Waals surface area contributed by atoms with Crippen LogP contribution in [0.2, 0.25) is 0 Å². The summed E-state index contributed by atoms with van der Waals surface area (Å²) in [4.78, 5) is 26.4. The van der Waals surface area contributed by atoms with E-state index in [0.29, 0.717) is 0 Å². The first-order valence-electron chi connectivity index (χ1n) is 7.97. The molecule has 1 unspecified atom stereocenters. The van der Waals surface area contributed by atoms with Gasteiger partial charge in [-0.3, -0.25) is 4.79 Å². The van der Waals surface area contributed by atoms with Gasteiger partial charge in [0.05, 0.1) is 6.61 Å². The van der Waals surface area contributed by atoms with Gasteiger partial charge in [-0.25, -0.2) is 4.79 Å². The first kappa shape index (κ1) is 18.3. The van der Waals surface area contributed by atoms with E-state index in [1.165, 1.54) is 17.0 Å². The maximum atomic E-state index is 12.9. The number of phenols is 2. The Labute approximate surface area is 146 Å². The predicted molar refractivity (Wildman–Crippen MR) is 92.2 cm³/mol. The Hall–Kier alpha value is -3.02. The lowest BCUT2D eigenvalue weighted by Crippen LogP contribution is -2.43. The molecule has 0 spiro atoms. The maximum absolute atomic E-state index is 12.9. The van der Waals surface area contributed by atoms with E-state index in [1.807, 2.05) is 30.3 Å². The van der Waals surface area contributed by atoms with Gasteiger partial charge >= 0.3 is 5.97 Å². The van der Waals surface area contributed by atoms with E-state index >= 15 is 0 Å². The Morgan fingerprint density at radius 2 is 1.68 bits per heavy atom. The largest absolute Gasteiger partial charge is 0.508 e. The number of carbonyl (C=O) groups excluding carboxylic acids is 2. The second-order valence-electron chi connectivity index (χ2n) is 5.58. The van der Waals surface area contributed by atoms with Crippen LogP contribution >= 0.6 is 0 Å². The van der Waals surface area contributed by atoms with Crippen LogP contribution in [0.25, 0.3) is 0 Å². The standard InChI is InChI=1S/C19H21NO5/c1-3-25-19(24)13(2)20(12-14-7-5-4-6-8-14)18(23)15-9-16(21)11-17(22)10-15/h4-11,13,21-22H,3,12H2,1-2H3. The lowest BCUT2D eigenvalue weighted by Gasteiger charge is -2.28. The number of phenolic OH excluding ortho intramolecular Hbond substituents is 2. The predicted octanol–water partition coefficient (Wildman–Crippen LogP) is 2.69. The third-order valence-corrected chi connectivity index (χ3v) is 3.70. The number of esters is 1. The molecule has 0 heterocycles. The van der Waals surface area contributed by atoms with Gasteiger partial charge in [0.25, 0.3) is 5.91 Å². The highest BCUT2D eigenvalue weighted by Gasteiger charge is 2.28. The molecular formula is C19H21NO5. The van der Waals surface area contributed by atoms with E-state index in [-0.39, 0.29) is 30.2 Å². The number of hydrogen-bond acceptors (Lipinski definition) is 5. The SMILES string of the molecule is CCOC(=O)C(C)N(Cc1ccccc1)C(=O)c1cc(O)cc(O)c1. The van der Waals surface area contributed by atoms with Crippen LogP contribution in [-0.4, -0.2) is 39.6 Å². The molecule has 25 heavy (non-hydrogen) atoms. The van der Waals surface area contributed by atoms with E-state index in [0.717, 1.165) is 11.6 Å². The average Bonchev–Trinajstić information content (AvgIpc) is 2.58. The summed E-state index contributed by atoms with van der Waals surface area (Å²) in [6, 6.07) is 12.0. The number of ether oxygens (including phenoxy) is 1. The molecule has 6 nitrogen and oxygen atoms in total. The van der Waals surface area contributed by atoms with Crippen LogP contribution in [0.4, 0.5) is 0 Å². The van der Waals surface area contributed by atoms with Crippen molar-refractivity contribution in [2.75, 3.05) is 6.61 Å². The van der Waals surface area contributed by atoms with Gasteiger partial charge in [-0.15, -0.1) is 0 Å². The van der Waals surface area contributed by atoms with Crippen molar-refractivity contribution in [1.29, 1.82) is 0 Å². The fourth-order valence-corrected chi connectivity index (χ4v) is 2.44. The van der Waals surface area contributed by atoms with Crippen molar-refractivity contribution in [3.8, 4) is 11.5 Å². The Morgan fingerprint density at radius 3 is 2.24 bits per heavy atom. The molecular weight excluding hydrogens is 322 g/mol. The molecule has 0 aliphatic carbocycles. The lowest BCUT2D eigenvalue weighted by molar-refractivity contribution is -0.148.